The van der Waals surface area contributed by atoms with Gasteiger partial charge in [0.2, 0.25) is 0 Å². The van der Waals surface area contributed by atoms with Crippen molar-refractivity contribution >= 4 is 17.6 Å². The zero-order valence-corrected chi connectivity index (χ0v) is 13.7. The summed E-state index contributed by atoms with van der Waals surface area (Å²) in [6.07, 6.45) is 3.57. The summed E-state index contributed by atoms with van der Waals surface area (Å²) in [4.78, 5) is 23.7. The minimum Gasteiger partial charge on any atom is -0.355 e. The molecule has 3 N–H and O–H groups in total. The lowest BCUT2D eigenvalue weighted by Gasteiger charge is -2.14. The number of anilines is 1. The summed E-state index contributed by atoms with van der Waals surface area (Å²) in [5.41, 5.74) is 2.96. The zero-order chi connectivity index (χ0) is 17.0. The van der Waals surface area contributed by atoms with E-state index in [-0.39, 0.29) is 18.0 Å². The van der Waals surface area contributed by atoms with Crippen molar-refractivity contribution in [3.63, 3.8) is 0 Å². The minimum atomic E-state index is -0.308. The number of carbonyl (C=O) groups is 2. The molecule has 0 spiro atoms. The number of aromatic nitrogens is 2. The Morgan fingerprint density at radius 1 is 1.30 bits per heavy atom. The second kappa shape index (κ2) is 6.95. The molecular formula is C16H21N5O2. The number of carbonyl (C=O) groups excluding carboxylic acids is 2. The topological polar surface area (TPSA) is 88.1 Å². The number of aryl methyl sites for hydroxylation is 2. The molecular weight excluding hydrogens is 294 g/mol. The maximum Gasteiger partial charge on any atom is 0.319 e. The number of urea groups is 1. The van der Waals surface area contributed by atoms with Crippen LogP contribution in [0, 0.1) is 6.92 Å². The summed E-state index contributed by atoms with van der Waals surface area (Å²) >= 11 is 0. The highest BCUT2D eigenvalue weighted by Crippen LogP contribution is 2.17. The highest BCUT2D eigenvalue weighted by molar-refractivity contribution is 5.96. The van der Waals surface area contributed by atoms with Crippen molar-refractivity contribution in [2.45, 2.75) is 19.9 Å². The first-order valence-electron chi connectivity index (χ1n) is 7.29. The Hall–Kier alpha value is -2.83. The first-order chi connectivity index (χ1) is 10.9. The molecule has 0 bridgehead atoms. The molecule has 0 unspecified atom stereocenters. The van der Waals surface area contributed by atoms with E-state index in [1.54, 1.807) is 36.1 Å². The van der Waals surface area contributed by atoms with Crippen LogP contribution < -0.4 is 16.0 Å². The van der Waals surface area contributed by atoms with Crippen LogP contribution in [0.1, 0.15) is 34.5 Å². The molecule has 2 rings (SSSR count). The lowest BCUT2D eigenvalue weighted by Crippen LogP contribution is -2.31. The van der Waals surface area contributed by atoms with Gasteiger partial charge in [-0.2, -0.15) is 5.10 Å². The second-order valence-electron chi connectivity index (χ2n) is 5.38. The number of rotatable bonds is 4. The molecule has 7 heteroatoms. The van der Waals surface area contributed by atoms with E-state index in [2.05, 4.69) is 21.0 Å². The fraction of sp³-hybridized carbons (Fsp3) is 0.312. The molecule has 1 atom stereocenters. The lowest BCUT2D eigenvalue weighted by atomic mass is 10.1. The minimum absolute atomic E-state index is 0.158. The lowest BCUT2D eigenvalue weighted by molar-refractivity contribution is 0.0963. The van der Waals surface area contributed by atoms with Gasteiger partial charge in [0.05, 0.1) is 12.2 Å². The molecule has 0 aliphatic heterocycles. The van der Waals surface area contributed by atoms with Gasteiger partial charge in [0.15, 0.2) is 0 Å². The van der Waals surface area contributed by atoms with Crippen LogP contribution in [0.4, 0.5) is 10.5 Å². The molecule has 122 valence electrons. The van der Waals surface area contributed by atoms with E-state index in [1.807, 2.05) is 27.1 Å². The van der Waals surface area contributed by atoms with Gasteiger partial charge in [0.25, 0.3) is 5.91 Å². The fourth-order valence-electron chi connectivity index (χ4n) is 2.19. The van der Waals surface area contributed by atoms with Crippen LogP contribution in [0.3, 0.4) is 0 Å². The molecule has 0 saturated carbocycles. The Kier molecular flexibility index (Phi) is 5.00. The molecule has 0 aliphatic rings. The third kappa shape index (κ3) is 4.09. The van der Waals surface area contributed by atoms with Gasteiger partial charge >= 0.3 is 6.03 Å². The first-order valence-corrected chi connectivity index (χ1v) is 7.29. The third-order valence-corrected chi connectivity index (χ3v) is 3.54. The van der Waals surface area contributed by atoms with Crippen molar-refractivity contribution in [3.8, 4) is 0 Å². The van der Waals surface area contributed by atoms with E-state index >= 15 is 0 Å². The maximum absolute atomic E-state index is 12.1. The van der Waals surface area contributed by atoms with E-state index in [1.165, 1.54) is 0 Å². The highest BCUT2D eigenvalue weighted by atomic mass is 16.2. The van der Waals surface area contributed by atoms with E-state index < -0.39 is 0 Å². The van der Waals surface area contributed by atoms with Crippen molar-refractivity contribution in [3.05, 3.63) is 47.3 Å². The van der Waals surface area contributed by atoms with Crippen molar-refractivity contribution in [1.82, 2.24) is 20.4 Å². The number of hydrogen-bond acceptors (Lipinski definition) is 3. The van der Waals surface area contributed by atoms with Crippen LogP contribution in [0.5, 0.6) is 0 Å². The molecule has 2 aromatic rings. The van der Waals surface area contributed by atoms with Crippen LogP contribution >= 0.6 is 0 Å². The van der Waals surface area contributed by atoms with E-state index in [9.17, 15) is 9.59 Å². The van der Waals surface area contributed by atoms with Gasteiger partial charge in [0, 0.05) is 37.1 Å². The van der Waals surface area contributed by atoms with Crippen LogP contribution in [0.15, 0.2) is 30.6 Å². The van der Waals surface area contributed by atoms with Crippen LogP contribution in [0.25, 0.3) is 0 Å². The van der Waals surface area contributed by atoms with Gasteiger partial charge < -0.3 is 16.0 Å². The first kappa shape index (κ1) is 16.5. The average molecular weight is 315 g/mol. The Morgan fingerprint density at radius 2 is 2.04 bits per heavy atom. The molecule has 3 amide bonds. The number of nitrogens with zero attached hydrogens (tertiary/aromatic N) is 2. The number of hydrogen-bond donors (Lipinski definition) is 3. The normalized spacial score (nSPS) is 11.7. The maximum atomic E-state index is 12.1. The summed E-state index contributed by atoms with van der Waals surface area (Å²) < 4.78 is 1.69. The predicted octanol–water partition coefficient (Wildman–Crippen LogP) is 1.97. The SMILES string of the molecule is CNC(=O)c1ccc(NC(=O)N[C@H](C)c2cnn(C)c2)c(C)c1. The van der Waals surface area contributed by atoms with Crippen LogP contribution in [-0.4, -0.2) is 28.8 Å². The quantitative estimate of drug-likeness (QED) is 0.806. The number of benzene rings is 1. The van der Waals surface area contributed by atoms with Crippen molar-refractivity contribution in [2.24, 2.45) is 7.05 Å². The van der Waals surface area contributed by atoms with E-state index in [4.69, 9.17) is 0 Å². The van der Waals surface area contributed by atoms with Gasteiger partial charge in [-0.3, -0.25) is 9.48 Å². The molecule has 0 radical (unpaired) electrons. The molecule has 23 heavy (non-hydrogen) atoms. The van der Waals surface area contributed by atoms with Crippen molar-refractivity contribution < 1.29 is 9.59 Å². The van der Waals surface area contributed by atoms with Crippen molar-refractivity contribution in [2.75, 3.05) is 12.4 Å². The van der Waals surface area contributed by atoms with Gasteiger partial charge in [0.1, 0.15) is 0 Å². The zero-order valence-electron chi connectivity index (χ0n) is 13.7. The summed E-state index contributed by atoms with van der Waals surface area (Å²) in [6.45, 7) is 3.73. The van der Waals surface area contributed by atoms with Gasteiger partial charge in [-0.05, 0) is 37.6 Å². The summed E-state index contributed by atoms with van der Waals surface area (Å²) in [5, 5.41) is 12.3. The Bertz CT molecular complexity index is 723. The molecule has 0 fully saturated rings. The summed E-state index contributed by atoms with van der Waals surface area (Å²) in [6, 6.07) is 4.66. The van der Waals surface area contributed by atoms with Gasteiger partial charge in [-0.15, -0.1) is 0 Å². The second-order valence-corrected chi connectivity index (χ2v) is 5.38. The fourth-order valence-corrected chi connectivity index (χ4v) is 2.19. The molecule has 1 aromatic heterocycles. The number of nitrogens with one attached hydrogen (secondary N) is 3. The molecule has 7 nitrogen and oxygen atoms in total. The predicted molar refractivity (Wildman–Crippen MR) is 88.3 cm³/mol. The monoisotopic (exact) mass is 315 g/mol. The average Bonchev–Trinajstić information content (AvgIpc) is 2.95. The third-order valence-electron chi connectivity index (χ3n) is 3.54. The largest absolute Gasteiger partial charge is 0.355 e. The van der Waals surface area contributed by atoms with Crippen LogP contribution in [0.2, 0.25) is 0 Å². The van der Waals surface area contributed by atoms with E-state index in [0.29, 0.717) is 11.3 Å². The molecule has 0 saturated heterocycles. The molecule has 1 aromatic carbocycles. The van der Waals surface area contributed by atoms with Gasteiger partial charge in [-0.25, -0.2) is 4.79 Å². The van der Waals surface area contributed by atoms with Crippen LogP contribution in [-0.2, 0) is 7.05 Å². The molecule has 0 aliphatic carbocycles. The highest BCUT2D eigenvalue weighted by Gasteiger charge is 2.12. The van der Waals surface area contributed by atoms with E-state index in [0.717, 1.165) is 11.1 Å². The standard InChI is InChI=1S/C16H21N5O2/c1-10-7-12(15(22)17-3)5-6-14(10)20-16(23)19-11(2)13-8-18-21(4)9-13/h5-9,11H,1-4H3,(H,17,22)(H2,19,20,23)/t11-/m1/s1. The van der Waals surface area contributed by atoms with Crippen molar-refractivity contribution in [1.29, 1.82) is 0 Å². The summed E-state index contributed by atoms with van der Waals surface area (Å²) in [5.74, 6) is -0.158. The Balaban J connectivity index is 2.01. The Labute approximate surface area is 135 Å². The molecule has 1 heterocycles. The smallest absolute Gasteiger partial charge is 0.319 e. The number of amides is 3. The Morgan fingerprint density at radius 3 is 2.61 bits per heavy atom. The summed E-state index contributed by atoms with van der Waals surface area (Å²) in [7, 11) is 3.41. The van der Waals surface area contributed by atoms with Gasteiger partial charge in [-0.1, -0.05) is 0 Å².